The highest BCUT2D eigenvalue weighted by atomic mass is 32.2. The van der Waals surface area contributed by atoms with Crippen LogP contribution in [0.1, 0.15) is 24.8 Å². The molecular weight excluding hydrogens is 260 g/mol. The third-order valence-corrected chi connectivity index (χ3v) is 5.06. The zero-order valence-electron chi connectivity index (χ0n) is 10.8. The fraction of sp³-hybridized carbons (Fsp3) is 0.357. The smallest absolute Gasteiger partial charge is 0.322 e. The molecule has 1 fully saturated rings. The van der Waals surface area contributed by atoms with Gasteiger partial charge in [0.15, 0.2) is 0 Å². The Balaban J connectivity index is 2.00. The standard InChI is InChI=1S/C14H16N2O2S/c1-14(2)11(13(17)18)16-12(19-14)9-4-3-5-10-8(9)6-7-15-10/h3-7,11-12,15-16H,1-2H3,(H,17,18)/t11-,12-/m1/s1. The Hall–Kier alpha value is -1.46. The molecule has 19 heavy (non-hydrogen) atoms. The molecular formula is C14H16N2O2S. The second kappa shape index (κ2) is 4.28. The van der Waals surface area contributed by atoms with Crippen LogP contribution in [0, 0.1) is 0 Å². The maximum atomic E-state index is 11.3. The summed E-state index contributed by atoms with van der Waals surface area (Å²) < 4.78 is -0.324. The first-order valence-electron chi connectivity index (χ1n) is 6.22. The number of aliphatic carboxylic acids is 1. The summed E-state index contributed by atoms with van der Waals surface area (Å²) in [5.74, 6) is -0.791. The van der Waals surface area contributed by atoms with Crippen LogP contribution in [0.3, 0.4) is 0 Å². The van der Waals surface area contributed by atoms with E-state index in [1.165, 1.54) is 0 Å². The van der Waals surface area contributed by atoms with Crippen LogP contribution in [-0.4, -0.2) is 26.8 Å². The Morgan fingerprint density at radius 3 is 2.84 bits per heavy atom. The summed E-state index contributed by atoms with van der Waals surface area (Å²) in [6.45, 7) is 3.95. The molecule has 0 bridgehead atoms. The number of hydrogen-bond donors (Lipinski definition) is 3. The summed E-state index contributed by atoms with van der Waals surface area (Å²) in [6.07, 6.45) is 1.91. The first-order chi connectivity index (χ1) is 8.99. The SMILES string of the molecule is CC1(C)S[C@H](c2cccc3[nH]ccc23)N[C@@H]1C(=O)O. The molecule has 3 rings (SSSR count). The van der Waals surface area contributed by atoms with Gasteiger partial charge in [0.25, 0.3) is 0 Å². The molecule has 2 atom stereocenters. The molecule has 3 N–H and O–H groups in total. The minimum Gasteiger partial charge on any atom is -0.480 e. The van der Waals surface area contributed by atoms with E-state index in [9.17, 15) is 9.90 Å². The van der Waals surface area contributed by atoms with E-state index in [1.54, 1.807) is 11.8 Å². The molecule has 1 aliphatic rings. The quantitative estimate of drug-likeness (QED) is 0.789. The monoisotopic (exact) mass is 276 g/mol. The van der Waals surface area contributed by atoms with Crippen molar-refractivity contribution >= 4 is 28.6 Å². The van der Waals surface area contributed by atoms with Crippen LogP contribution in [0.4, 0.5) is 0 Å². The van der Waals surface area contributed by atoms with Crippen molar-refractivity contribution in [1.82, 2.24) is 10.3 Å². The van der Waals surface area contributed by atoms with Crippen molar-refractivity contribution in [3.05, 3.63) is 36.0 Å². The van der Waals surface area contributed by atoms with Gasteiger partial charge >= 0.3 is 5.97 Å². The lowest BCUT2D eigenvalue weighted by Gasteiger charge is -2.20. The number of rotatable bonds is 2. The molecule has 0 spiro atoms. The van der Waals surface area contributed by atoms with Crippen molar-refractivity contribution < 1.29 is 9.90 Å². The number of fused-ring (bicyclic) bond motifs is 1. The van der Waals surface area contributed by atoms with Crippen molar-refractivity contribution in [3.8, 4) is 0 Å². The maximum absolute atomic E-state index is 11.3. The summed E-state index contributed by atoms with van der Waals surface area (Å²) in [5.41, 5.74) is 2.22. The minimum absolute atomic E-state index is 0.00981. The highest BCUT2D eigenvalue weighted by molar-refractivity contribution is 8.01. The molecule has 1 aromatic carbocycles. The van der Waals surface area contributed by atoms with Gasteiger partial charge in [0.1, 0.15) is 6.04 Å². The Labute approximate surface area is 115 Å². The van der Waals surface area contributed by atoms with Crippen LogP contribution >= 0.6 is 11.8 Å². The normalized spacial score (nSPS) is 25.8. The van der Waals surface area contributed by atoms with Gasteiger partial charge in [-0.15, -0.1) is 11.8 Å². The first kappa shape index (κ1) is 12.6. The average molecular weight is 276 g/mol. The molecule has 0 radical (unpaired) electrons. The Kier molecular flexibility index (Phi) is 2.83. The summed E-state index contributed by atoms with van der Waals surface area (Å²) in [4.78, 5) is 14.5. The van der Waals surface area contributed by atoms with Gasteiger partial charge in [-0.05, 0) is 31.5 Å². The number of hydrogen-bond acceptors (Lipinski definition) is 3. The minimum atomic E-state index is -0.791. The fourth-order valence-electron chi connectivity index (χ4n) is 2.62. The van der Waals surface area contributed by atoms with Crippen molar-refractivity contribution in [3.63, 3.8) is 0 Å². The second-order valence-corrected chi connectivity index (χ2v) is 7.08. The third kappa shape index (κ3) is 2.03. The molecule has 0 unspecified atom stereocenters. The molecule has 1 aromatic heterocycles. The number of carboxylic acid groups (broad SMARTS) is 1. The van der Waals surface area contributed by atoms with Crippen molar-refractivity contribution in [2.75, 3.05) is 0 Å². The molecule has 5 heteroatoms. The number of H-pyrrole nitrogens is 1. The van der Waals surface area contributed by atoms with Gasteiger partial charge < -0.3 is 10.1 Å². The summed E-state index contributed by atoms with van der Waals surface area (Å²) in [6, 6.07) is 7.59. The molecule has 0 saturated carbocycles. The van der Waals surface area contributed by atoms with Gasteiger partial charge in [-0.1, -0.05) is 12.1 Å². The number of carbonyl (C=O) groups is 1. The van der Waals surface area contributed by atoms with Gasteiger partial charge in [-0.2, -0.15) is 0 Å². The lowest BCUT2D eigenvalue weighted by molar-refractivity contribution is -0.139. The molecule has 0 amide bonds. The van der Waals surface area contributed by atoms with Gasteiger partial charge in [-0.25, -0.2) is 0 Å². The summed E-state index contributed by atoms with van der Waals surface area (Å²) in [7, 11) is 0. The predicted molar refractivity (Wildman–Crippen MR) is 77.3 cm³/mol. The number of aromatic amines is 1. The molecule has 4 nitrogen and oxygen atoms in total. The molecule has 2 heterocycles. The molecule has 1 saturated heterocycles. The molecule has 100 valence electrons. The maximum Gasteiger partial charge on any atom is 0.322 e. The van der Waals surface area contributed by atoms with Crippen molar-refractivity contribution in [2.24, 2.45) is 0 Å². The summed E-state index contributed by atoms with van der Waals surface area (Å²) in [5, 5.41) is 13.7. The van der Waals surface area contributed by atoms with Gasteiger partial charge in [0.05, 0.1) is 5.37 Å². The summed E-state index contributed by atoms with van der Waals surface area (Å²) >= 11 is 1.67. The van der Waals surface area contributed by atoms with Crippen LogP contribution < -0.4 is 5.32 Å². The third-order valence-electron chi connectivity index (χ3n) is 3.59. The van der Waals surface area contributed by atoms with E-state index < -0.39 is 12.0 Å². The van der Waals surface area contributed by atoms with E-state index >= 15 is 0 Å². The second-order valence-electron chi connectivity index (χ2n) is 5.33. The van der Waals surface area contributed by atoms with Crippen LogP contribution in [-0.2, 0) is 4.79 Å². The topological polar surface area (TPSA) is 65.1 Å². The van der Waals surface area contributed by atoms with Crippen molar-refractivity contribution in [1.29, 1.82) is 0 Å². The van der Waals surface area contributed by atoms with Crippen LogP contribution in [0.5, 0.6) is 0 Å². The van der Waals surface area contributed by atoms with E-state index in [1.807, 2.05) is 38.2 Å². The van der Waals surface area contributed by atoms with E-state index in [4.69, 9.17) is 0 Å². The Morgan fingerprint density at radius 2 is 2.16 bits per heavy atom. The van der Waals surface area contributed by atoms with E-state index in [-0.39, 0.29) is 10.1 Å². The highest BCUT2D eigenvalue weighted by Gasteiger charge is 2.45. The molecule has 1 aliphatic heterocycles. The number of aromatic nitrogens is 1. The highest BCUT2D eigenvalue weighted by Crippen LogP contribution is 2.47. The number of carboxylic acids is 1. The van der Waals surface area contributed by atoms with E-state index in [0.29, 0.717) is 0 Å². The van der Waals surface area contributed by atoms with Crippen LogP contribution in [0.2, 0.25) is 0 Å². The zero-order valence-corrected chi connectivity index (χ0v) is 11.6. The lowest BCUT2D eigenvalue weighted by atomic mass is 10.0. The largest absolute Gasteiger partial charge is 0.480 e. The zero-order chi connectivity index (χ0) is 13.6. The molecule has 0 aliphatic carbocycles. The van der Waals surface area contributed by atoms with E-state index in [2.05, 4.69) is 16.4 Å². The van der Waals surface area contributed by atoms with Gasteiger partial charge in [-0.3, -0.25) is 10.1 Å². The Morgan fingerprint density at radius 1 is 1.37 bits per heavy atom. The average Bonchev–Trinajstić information content (AvgIpc) is 2.91. The van der Waals surface area contributed by atoms with Crippen molar-refractivity contribution in [2.45, 2.75) is 30.0 Å². The lowest BCUT2D eigenvalue weighted by Crippen LogP contribution is -2.43. The van der Waals surface area contributed by atoms with Gasteiger partial charge in [0, 0.05) is 21.8 Å². The number of nitrogens with one attached hydrogen (secondary N) is 2. The number of thioether (sulfide) groups is 1. The van der Waals surface area contributed by atoms with Gasteiger partial charge in [0.2, 0.25) is 0 Å². The van der Waals surface area contributed by atoms with Crippen LogP contribution in [0.25, 0.3) is 10.9 Å². The first-order valence-corrected chi connectivity index (χ1v) is 7.10. The predicted octanol–water partition coefficient (Wildman–Crippen LogP) is 2.73. The fourth-order valence-corrected chi connectivity index (χ4v) is 4.07. The Bertz CT molecular complexity index is 635. The number of benzene rings is 1. The van der Waals surface area contributed by atoms with E-state index in [0.717, 1.165) is 16.5 Å². The molecule has 2 aromatic rings. The van der Waals surface area contributed by atoms with Crippen LogP contribution in [0.15, 0.2) is 30.5 Å².